The van der Waals surface area contributed by atoms with Crippen molar-refractivity contribution in [3.63, 3.8) is 0 Å². The summed E-state index contributed by atoms with van der Waals surface area (Å²) in [4.78, 5) is 2.84. The topological polar surface area (TPSA) is 48.8 Å². The molecule has 1 aromatic rings. The van der Waals surface area contributed by atoms with Crippen LogP contribution in [0.4, 0.5) is 0 Å². The smallest absolute Gasteiger partial charge is 0.0286 e. The molecule has 0 amide bonds. The molecule has 3 heteroatoms. The molecule has 1 fully saturated rings. The highest BCUT2D eigenvalue weighted by Crippen LogP contribution is 2.31. The van der Waals surface area contributed by atoms with Crippen LogP contribution in [0.5, 0.6) is 0 Å². The quantitative estimate of drug-likeness (QED) is 0.419. The molecule has 3 nitrogen and oxygen atoms in total. The standard InChI is InChI=1S/C14H19N3/c15-17-16-11-14-8-6-13(7-9-14)10-12-4-2-1-3-5-12/h1-5,13-14H,6-11H2/t13-,14+. The maximum Gasteiger partial charge on any atom is 0.0286 e. The van der Waals surface area contributed by atoms with Gasteiger partial charge in [0.25, 0.3) is 0 Å². The fourth-order valence-electron chi connectivity index (χ4n) is 2.72. The molecule has 0 spiro atoms. The Hall–Kier alpha value is -1.47. The molecule has 1 aliphatic rings. The fourth-order valence-corrected chi connectivity index (χ4v) is 2.72. The lowest BCUT2D eigenvalue weighted by Crippen LogP contribution is -2.18. The Bertz CT molecular complexity index is 374. The third kappa shape index (κ3) is 3.79. The van der Waals surface area contributed by atoms with Gasteiger partial charge in [0.2, 0.25) is 0 Å². The van der Waals surface area contributed by atoms with Crippen molar-refractivity contribution in [2.75, 3.05) is 6.54 Å². The molecule has 0 bridgehead atoms. The van der Waals surface area contributed by atoms with E-state index in [0.717, 1.165) is 5.92 Å². The largest absolute Gasteiger partial charge is 0.0937 e. The van der Waals surface area contributed by atoms with E-state index in [2.05, 4.69) is 40.4 Å². The zero-order chi connectivity index (χ0) is 11.9. The van der Waals surface area contributed by atoms with E-state index in [-0.39, 0.29) is 0 Å². The summed E-state index contributed by atoms with van der Waals surface area (Å²) in [6, 6.07) is 10.7. The van der Waals surface area contributed by atoms with Gasteiger partial charge < -0.3 is 0 Å². The number of rotatable bonds is 4. The van der Waals surface area contributed by atoms with E-state index in [1.165, 1.54) is 37.7 Å². The normalized spacial score (nSPS) is 24.0. The summed E-state index contributed by atoms with van der Waals surface area (Å²) in [6.45, 7) is 0.689. The van der Waals surface area contributed by atoms with E-state index >= 15 is 0 Å². The third-order valence-corrected chi connectivity index (χ3v) is 3.74. The highest BCUT2D eigenvalue weighted by molar-refractivity contribution is 5.15. The van der Waals surface area contributed by atoms with E-state index in [0.29, 0.717) is 12.5 Å². The summed E-state index contributed by atoms with van der Waals surface area (Å²) in [5.74, 6) is 1.44. The number of nitrogens with zero attached hydrogens (tertiary/aromatic N) is 3. The summed E-state index contributed by atoms with van der Waals surface area (Å²) in [5.41, 5.74) is 9.75. The first-order chi connectivity index (χ1) is 8.38. The Kier molecular flexibility index (Phi) is 4.45. The summed E-state index contributed by atoms with van der Waals surface area (Å²) in [6.07, 6.45) is 6.20. The molecular formula is C14H19N3. The van der Waals surface area contributed by atoms with Crippen molar-refractivity contribution in [3.8, 4) is 0 Å². The van der Waals surface area contributed by atoms with Crippen molar-refractivity contribution in [1.29, 1.82) is 0 Å². The van der Waals surface area contributed by atoms with Crippen LogP contribution in [0.2, 0.25) is 0 Å². The first-order valence-electron chi connectivity index (χ1n) is 6.43. The molecule has 90 valence electrons. The number of azide groups is 1. The molecule has 0 radical (unpaired) electrons. The van der Waals surface area contributed by atoms with Crippen molar-refractivity contribution in [3.05, 3.63) is 46.3 Å². The maximum absolute atomic E-state index is 8.30. The second kappa shape index (κ2) is 6.31. The highest BCUT2D eigenvalue weighted by Gasteiger charge is 2.20. The van der Waals surface area contributed by atoms with Gasteiger partial charge in [-0.05, 0) is 42.2 Å². The van der Waals surface area contributed by atoms with E-state index in [1.54, 1.807) is 0 Å². The van der Waals surface area contributed by atoms with Gasteiger partial charge in [0.1, 0.15) is 0 Å². The molecule has 0 saturated heterocycles. The minimum atomic E-state index is 0.623. The average Bonchev–Trinajstić information content (AvgIpc) is 2.39. The number of hydrogen-bond acceptors (Lipinski definition) is 1. The molecule has 1 aliphatic carbocycles. The van der Waals surface area contributed by atoms with Crippen LogP contribution in [0.1, 0.15) is 31.2 Å². The molecule has 0 aliphatic heterocycles. The van der Waals surface area contributed by atoms with Crippen LogP contribution in [-0.4, -0.2) is 6.54 Å². The SMILES string of the molecule is [N-]=[N+]=NC[C@H]1CC[C@@H](Cc2ccccc2)CC1. The minimum absolute atomic E-state index is 0.623. The second-order valence-corrected chi connectivity index (χ2v) is 4.99. The highest BCUT2D eigenvalue weighted by atomic mass is 15.1. The van der Waals surface area contributed by atoms with E-state index < -0.39 is 0 Å². The molecule has 17 heavy (non-hydrogen) atoms. The molecular weight excluding hydrogens is 210 g/mol. The van der Waals surface area contributed by atoms with Gasteiger partial charge in [-0.1, -0.05) is 48.3 Å². The van der Waals surface area contributed by atoms with Crippen LogP contribution in [0, 0.1) is 11.8 Å². The summed E-state index contributed by atoms with van der Waals surface area (Å²) >= 11 is 0. The lowest BCUT2D eigenvalue weighted by molar-refractivity contribution is 0.278. The monoisotopic (exact) mass is 229 g/mol. The number of hydrogen-bond donors (Lipinski definition) is 0. The summed E-state index contributed by atoms with van der Waals surface area (Å²) < 4.78 is 0. The first-order valence-corrected chi connectivity index (χ1v) is 6.43. The second-order valence-electron chi connectivity index (χ2n) is 4.99. The average molecular weight is 229 g/mol. The predicted octanol–water partition coefficient (Wildman–Crippen LogP) is 4.35. The molecule has 0 heterocycles. The van der Waals surface area contributed by atoms with Gasteiger partial charge in [0.05, 0.1) is 0 Å². The zero-order valence-corrected chi connectivity index (χ0v) is 10.1. The Morgan fingerprint density at radius 3 is 2.35 bits per heavy atom. The Balaban J connectivity index is 1.77. The molecule has 0 aromatic heterocycles. The molecule has 0 N–H and O–H groups in total. The Morgan fingerprint density at radius 1 is 1.06 bits per heavy atom. The van der Waals surface area contributed by atoms with Crippen LogP contribution in [0.3, 0.4) is 0 Å². The van der Waals surface area contributed by atoms with Gasteiger partial charge in [-0.25, -0.2) is 0 Å². The maximum atomic E-state index is 8.30. The van der Waals surface area contributed by atoms with Gasteiger partial charge in [0, 0.05) is 11.5 Å². The van der Waals surface area contributed by atoms with Crippen molar-refractivity contribution < 1.29 is 0 Å². The van der Waals surface area contributed by atoms with Gasteiger partial charge in [-0.15, -0.1) is 0 Å². The van der Waals surface area contributed by atoms with Crippen molar-refractivity contribution in [2.45, 2.75) is 32.1 Å². The van der Waals surface area contributed by atoms with E-state index in [9.17, 15) is 0 Å². The fraction of sp³-hybridized carbons (Fsp3) is 0.571. The predicted molar refractivity (Wildman–Crippen MR) is 69.6 cm³/mol. The summed E-state index contributed by atoms with van der Waals surface area (Å²) in [7, 11) is 0. The van der Waals surface area contributed by atoms with Crippen LogP contribution < -0.4 is 0 Å². The molecule has 0 atom stereocenters. The van der Waals surface area contributed by atoms with Gasteiger partial charge in [0.15, 0.2) is 0 Å². The van der Waals surface area contributed by atoms with Crippen molar-refractivity contribution in [1.82, 2.24) is 0 Å². The Morgan fingerprint density at radius 2 is 1.71 bits per heavy atom. The minimum Gasteiger partial charge on any atom is -0.0937 e. The van der Waals surface area contributed by atoms with Gasteiger partial charge >= 0.3 is 0 Å². The van der Waals surface area contributed by atoms with Crippen LogP contribution in [0.25, 0.3) is 10.4 Å². The van der Waals surface area contributed by atoms with Crippen molar-refractivity contribution in [2.24, 2.45) is 17.0 Å². The summed E-state index contributed by atoms with van der Waals surface area (Å²) in [5, 5.41) is 3.69. The van der Waals surface area contributed by atoms with Crippen molar-refractivity contribution >= 4 is 0 Å². The van der Waals surface area contributed by atoms with Gasteiger partial charge in [-0.2, -0.15) is 0 Å². The van der Waals surface area contributed by atoms with Gasteiger partial charge in [-0.3, -0.25) is 0 Å². The molecule has 1 aromatic carbocycles. The number of benzene rings is 1. The lowest BCUT2D eigenvalue weighted by Gasteiger charge is -2.27. The van der Waals surface area contributed by atoms with Crippen LogP contribution in [0.15, 0.2) is 35.4 Å². The lowest BCUT2D eigenvalue weighted by atomic mass is 9.79. The molecule has 0 unspecified atom stereocenters. The zero-order valence-electron chi connectivity index (χ0n) is 10.1. The van der Waals surface area contributed by atoms with E-state index in [4.69, 9.17) is 5.53 Å². The Labute approximate surface area is 102 Å². The first kappa shape index (κ1) is 12.0. The van der Waals surface area contributed by atoms with Crippen LogP contribution in [-0.2, 0) is 6.42 Å². The third-order valence-electron chi connectivity index (χ3n) is 3.74. The molecule has 2 rings (SSSR count). The molecule has 1 saturated carbocycles. The van der Waals surface area contributed by atoms with Crippen LogP contribution >= 0.6 is 0 Å². The van der Waals surface area contributed by atoms with E-state index in [1.807, 2.05) is 0 Å².